The van der Waals surface area contributed by atoms with Crippen LogP contribution >= 0.6 is 0 Å². The lowest BCUT2D eigenvalue weighted by Crippen LogP contribution is -1.85. The molecule has 0 saturated heterocycles. The third-order valence-corrected chi connectivity index (χ3v) is 1.85. The first-order valence-corrected chi connectivity index (χ1v) is 4.30. The van der Waals surface area contributed by atoms with Gasteiger partial charge in [0, 0.05) is 0 Å². The van der Waals surface area contributed by atoms with Crippen molar-refractivity contribution in [2.45, 2.75) is 20.8 Å². The molecule has 1 N–H and O–H groups in total. The summed E-state index contributed by atoms with van der Waals surface area (Å²) in [6, 6.07) is 6.44. The van der Waals surface area contributed by atoms with Crippen LogP contribution in [0.1, 0.15) is 23.6 Å². The number of hydrogen-bond acceptors (Lipinski definition) is 2. The van der Waals surface area contributed by atoms with Gasteiger partial charge >= 0.3 is 0 Å². The first kappa shape index (κ1) is 12.3. The predicted molar refractivity (Wildman–Crippen MR) is 59.0 cm³/mol. The molecule has 1 rings (SSSR count). The Morgan fingerprint density at radius 3 is 2.29 bits per heavy atom. The molecular weight excluding hydrogens is 174 g/mol. The molecule has 0 unspecified atom stereocenters. The van der Waals surface area contributed by atoms with Gasteiger partial charge in [-0.2, -0.15) is 0 Å². The highest BCUT2D eigenvalue weighted by Gasteiger charge is 1.97. The van der Waals surface area contributed by atoms with Crippen LogP contribution in [0.3, 0.4) is 0 Å². The number of isocyanates is 1. The molecule has 2 heteroatoms. The van der Waals surface area contributed by atoms with Crippen LogP contribution < -0.4 is 0 Å². The third kappa shape index (κ3) is 3.83. The minimum absolute atomic E-state index is 0.750. The summed E-state index contributed by atoms with van der Waals surface area (Å²) < 4.78 is 0. The zero-order chi connectivity index (χ0) is 11.1. The Morgan fingerprint density at radius 2 is 1.93 bits per heavy atom. The molecule has 1 aromatic rings. The summed E-state index contributed by atoms with van der Waals surface area (Å²) in [5, 5.41) is 5.40. The zero-order valence-corrected chi connectivity index (χ0v) is 8.85. The maximum atomic E-state index is 8.35. The molecule has 0 amide bonds. The monoisotopic (exact) mass is 189 g/mol. The standard InChI is InChI=1S/C11H14.CHNO/c1-8(2)11-7-9(3)5-6-10(11)4;2-1-3/h5-7H,1H2,2-4H3;2H. The molecule has 74 valence electrons. The van der Waals surface area contributed by atoms with Crippen molar-refractivity contribution in [3.8, 4) is 0 Å². The number of carbonyl (C=O) groups excluding carboxylic acids is 1. The van der Waals surface area contributed by atoms with Crippen molar-refractivity contribution in [3.63, 3.8) is 0 Å². The number of allylic oxidation sites excluding steroid dienone is 1. The van der Waals surface area contributed by atoms with Gasteiger partial charge in [0.15, 0.2) is 0 Å². The SMILES string of the molecule is C=C(C)c1cc(C)ccc1C.N=C=O. The van der Waals surface area contributed by atoms with E-state index in [9.17, 15) is 0 Å². The summed E-state index contributed by atoms with van der Waals surface area (Å²) in [7, 11) is 0. The van der Waals surface area contributed by atoms with Crippen LogP contribution in [0.5, 0.6) is 0 Å². The molecule has 2 nitrogen and oxygen atoms in total. The average molecular weight is 189 g/mol. The van der Waals surface area contributed by atoms with E-state index >= 15 is 0 Å². The highest BCUT2D eigenvalue weighted by Crippen LogP contribution is 2.17. The van der Waals surface area contributed by atoms with Crippen LogP contribution in [0, 0.1) is 19.3 Å². The first-order chi connectivity index (χ1) is 6.52. The van der Waals surface area contributed by atoms with E-state index in [1.54, 1.807) is 0 Å². The van der Waals surface area contributed by atoms with Gasteiger partial charge in [0.05, 0.1) is 0 Å². The molecule has 0 radical (unpaired) electrons. The van der Waals surface area contributed by atoms with Crippen molar-refractivity contribution >= 4 is 11.7 Å². The topological polar surface area (TPSA) is 40.9 Å². The second-order valence-electron chi connectivity index (χ2n) is 3.20. The van der Waals surface area contributed by atoms with E-state index in [2.05, 4.69) is 38.6 Å². The van der Waals surface area contributed by atoms with Crippen molar-refractivity contribution in [2.75, 3.05) is 0 Å². The fraction of sp³-hybridized carbons (Fsp3) is 0.250. The summed E-state index contributed by atoms with van der Waals surface area (Å²) in [6.07, 6.45) is 0.750. The van der Waals surface area contributed by atoms with Gasteiger partial charge in [-0.15, -0.1) is 0 Å². The van der Waals surface area contributed by atoms with Gasteiger partial charge in [0.2, 0.25) is 6.08 Å². The van der Waals surface area contributed by atoms with E-state index in [4.69, 9.17) is 10.2 Å². The third-order valence-electron chi connectivity index (χ3n) is 1.85. The van der Waals surface area contributed by atoms with Crippen molar-refractivity contribution in [1.29, 1.82) is 5.41 Å². The van der Waals surface area contributed by atoms with E-state index in [-0.39, 0.29) is 0 Å². The van der Waals surface area contributed by atoms with E-state index in [0.29, 0.717) is 0 Å². The average Bonchev–Trinajstić information content (AvgIpc) is 2.10. The van der Waals surface area contributed by atoms with Crippen molar-refractivity contribution in [2.24, 2.45) is 0 Å². The molecule has 0 fully saturated rings. The van der Waals surface area contributed by atoms with Gasteiger partial charge in [0.1, 0.15) is 0 Å². The quantitative estimate of drug-likeness (QED) is 0.534. The summed E-state index contributed by atoms with van der Waals surface area (Å²) in [6.45, 7) is 10.2. The van der Waals surface area contributed by atoms with Crippen LogP contribution in [-0.4, -0.2) is 6.08 Å². The lowest BCUT2D eigenvalue weighted by atomic mass is 10.0. The number of benzene rings is 1. The molecule has 0 aliphatic carbocycles. The second-order valence-corrected chi connectivity index (χ2v) is 3.20. The first-order valence-electron chi connectivity index (χ1n) is 4.30. The Hall–Kier alpha value is -1.66. The summed E-state index contributed by atoms with van der Waals surface area (Å²) in [5.74, 6) is 0. The molecule has 14 heavy (non-hydrogen) atoms. The van der Waals surface area contributed by atoms with Crippen LogP contribution in [0.2, 0.25) is 0 Å². The maximum Gasteiger partial charge on any atom is 0.231 e. The molecule has 0 aromatic heterocycles. The zero-order valence-electron chi connectivity index (χ0n) is 8.85. The largest absolute Gasteiger partial charge is 0.231 e. The lowest BCUT2D eigenvalue weighted by Gasteiger charge is -2.05. The van der Waals surface area contributed by atoms with Crippen molar-refractivity contribution < 1.29 is 4.79 Å². The molecule has 0 spiro atoms. The Kier molecular flexibility index (Phi) is 5.20. The van der Waals surface area contributed by atoms with Gasteiger partial charge in [-0.25, -0.2) is 10.2 Å². The van der Waals surface area contributed by atoms with Gasteiger partial charge in [-0.1, -0.05) is 35.9 Å². The minimum atomic E-state index is 0.750. The molecule has 0 bridgehead atoms. The van der Waals surface area contributed by atoms with Gasteiger partial charge < -0.3 is 0 Å². The van der Waals surface area contributed by atoms with E-state index in [1.807, 2.05) is 6.92 Å². The molecule has 0 atom stereocenters. The smallest absolute Gasteiger partial charge is 0.222 e. The Labute approximate surface area is 84.8 Å². The van der Waals surface area contributed by atoms with Gasteiger partial charge in [0.25, 0.3) is 0 Å². The second kappa shape index (κ2) is 5.90. The normalized spacial score (nSPS) is 8.21. The van der Waals surface area contributed by atoms with E-state index in [1.165, 1.54) is 16.7 Å². The van der Waals surface area contributed by atoms with Crippen molar-refractivity contribution in [3.05, 3.63) is 41.5 Å². The Bertz CT molecular complexity index is 361. The van der Waals surface area contributed by atoms with Gasteiger partial charge in [-0.3, -0.25) is 0 Å². The molecule has 0 aliphatic heterocycles. The van der Waals surface area contributed by atoms with E-state index < -0.39 is 0 Å². The van der Waals surface area contributed by atoms with Crippen LogP contribution in [-0.2, 0) is 4.79 Å². The molecule has 0 saturated carbocycles. The number of aryl methyl sites for hydroxylation is 2. The van der Waals surface area contributed by atoms with Crippen LogP contribution in [0.25, 0.3) is 5.57 Å². The van der Waals surface area contributed by atoms with Crippen LogP contribution in [0.4, 0.5) is 0 Å². The fourth-order valence-electron chi connectivity index (χ4n) is 1.20. The number of rotatable bonds is 1. The number of hydrogen-bond donors (Lipinski definition) is 1. The highest BCUT2D eigenvalue weighted by molar-refractivity contribution is 5.64. The maximum absolute atomic E-state index is 8.35. The Morgan fingerprint density at radius 1 is 1.43 bits per heavy atom. The lowest BCUT2D eigenvalue weighted by molar-refractivity contribution is 0.563. The fourth-order valence-corrected chi connectivity index (χ4v) is 1.20. The van der Waals surface area contributed by atoms with Gasteiger partial charge in [-0.05, 0) is 31.9 Å². The summed E-state index contributed by atoms with van der Waals surface area (Å²) in [5.41, 5.74) is 5.04. The molecule has 0 aliphatic rings. The number of nitrogens with one attached hydrogen (secondary N) is 1. The molecule has 0 heterocycles. The molecule has 1 aromatic carbocycles. The van der Waals surface area contributed by atoms with Crippen molar-refractivity contribution in [1.82, 2.24) is 0 Å². The van der Waals surface area contributed by atoms with E-state index in [0.717, 1.165) is 11.7 Å². The summed E-state index contributed by atoms with van der Waals surface area (Å²) in [4.78, 5) is 8.35. The predicted octanol–water partition coefficient (Wildman–Crippen LogP) is 3.24. The molecular formula is C12H15NO. The summed E-state index contributed by atoms with van der Waals surface area (Å²) >= 11 is 0. The van der Waals surface area contributed by atoms with Crippen LogP contribution in [0.15, 0.2) is 24.8 Å². The minimum Gasteiger partial charge on any atom is -0.222 e. The Balaban J connectivity index is 0.000000500. The highest BCUT2D eigenvalue weighted by atomic mass is 16.1.